The minimum atomic E-state index is -0.490. The number of aliphatic imine (C=N–C) groups is 1. The Morgan fingerprint density at radius 2 is 1.88 bits per heavy atom. The fraction of sp³-hybridized carbons (Fsp3) is 0.316. The van der Waals surface area contributed by atoms with Gasteiger partial charge in [0.05, 0.1) is 26.5 Å². The van der Waals surface area contributed by atoms with E-state index < -0.39 is 5.41 Å². The Kier molecular flexibility index (Phi) is 5.85. The van der Waals surface area contributed by atoms with E-state index in [4.69, 9.17) is 15.2 Å². The average molecular weight is 345 g/mol. The molecule has 0 radical (unpaired) electrons. The van der Waals surface area contributed by atoms with Gasteiger partial charge < -0.3 is 20.5 Å². The number of methoxy groups -OCH3 is 2. The monoisotopic (exact) mass is 345 g/mol. The van der Waals surface area contributed by atoms with E-state index in [-0.39, 0.29) is 11.8 Å². The number of nitrogens with one attached hydrogen (secondary N) is 1. The van der Waals surface area contributed by atoms with E-state index in [2.05, 4.69) is 10.3 Å². The minimum absolute atomic E-state index is 0.218. The van der Waals surface area contributed by atoms with Crippen molar-refractivity contribution < 1.29 is 13.9 Å². The maximum atomic E-state index is 14.0. The Morgan fingerprint density at radius 3 is 2.52 bits per heavy atom. The molecule has 0 aliphatic heterocycles. The molecule has 2 aromatic rings. The SMILES string of the molecule is COc1ccc(OC)c(NC(N)=NCC(C)(C)c2ccccc2F)c1. The molecule has 134 valence electrons. The van der Waals surface area contributed by atoms with Crippen LogP contribution in [0.5, 0.6) is 11.5 Å². The van der Waals surface area contributed by atoms with Crippen molar-refractivity contribution in [2.45, 2.75) is 19.3 Å². The second-order valence-electron chi connectivity index (χ2n) is 6.26. The van der Waals surface area contributed by atoms with Gasteiger partial charge in [0, 0.05) is 11.5 Å². The van der Waals surface area contributed by atoms with E-state index in [9.17, 15) is 4.39 Å². The molecule has 0 aliphatic carbocycles. The molecule has 0 saturated heterocycles. The van der Waals surface area contributed by atoms with Gasteiger partial charge in [-0.1, -0.05) is 32.0 Å². The highest BCUT2D eigenvalue weighted by atomic mass is 19.1. The molecule has 0 spiro atoms. The van der Waals surface area contributed by atoms with E-state index in [0.717, 1.165) is 0 Å². The summed E-state index contributed by atoms with van der Waals surface area (Å²) in [6, 6.07) is 12.0. The molecule has 0 bridgehead atoms. The summed E-state index contributed by atoms with van der Waals surface area (Å²) in [5.41, 5.74) is 6.75. The number of halogens is 1. The smallest absolute Gasteiger partial charge is 0.193 e. The molecule has 3 N–H and O–H groups in total. The van der Waals surface area contributed by atoms with E-state index >= 15 is 0 Å². The van der Waals surface area contributed by atoms with Crippen LogP contribution in [0.1, 0.15) is 19.4 Å². The number of benzene rings is 2. The number of nitrogens with zero attached hydrogens (tertiary/aromatic N) is 1. The van der Waals surface area contributed by atoms with Crippen molar-refractivity contribution in [3.05, 3.63) is 53.8 Å². The first-order chi connectivity index (χ1) is 11.9. The van der Waals surface area contributed by atoms with Gasteiger partial charge in [0.15, 0.2) is 5.96 Å². The number of hydrogen-bond donors (Lipinski definition) is 2. The molecule has 0 atom stereocenters. The highest BCUT2D eigenvalue weighted by Crippen LogP contribution is 2.29. The molecular weight excluding hydrogens is 321 g/mol. The van der Waals surface area contributed by atoms with Crippen LogP contribution in [0.2, 0.25) is 0 Å². The lowest BCUT2D eigenvalue weighted by atomic mass is 9.84. The van der Waals surface area contributed by atoms with Gasteiger partial charge in [-0.05, 0) is 23.8 Å². The van der Waals surface area contributed by atoms with Crippen LogP contribution in [0.15, 0.2) is 47.5 Å². The van der Waals surface area contributed by atoms with Gasteiger partial charge in [-0.3, -0.25) is 4.99 Å². The third-order valence-electron chi connectivity index (χ3n) is 3.92. The molecule has 0 amide bonds. The van der Waals surface area contributed by atoms with Gasteiger partial charge >= 0.3 is 0 Å². The predicted molar refractivity (Wildman–Crippen MR) is 99.1 cm³/mol. The van der Waals surface area contributed by atoms with Crippen molar-refractivity contribution >= 4 is 11.6 Å². The first-order valence-electron chi connectivity index (χ1n) is 7.91. The fourth-order valence-electron chi connectivity index (χ4n) is 2.47. The van der Waals surface area contributed by atoms with Gasteiger partial charge in [-0.2, -0.15) is 0 Å². The molecule has 0 saturated carbocycles. The summed E-state index contributed by atoms with van der Waals surface area (Å²) in [5.74, 6) is 1.26. The van der Waals surface area contributed by atoms with Crippen LogP contribution in [0.25, 0.3) is 0 Å². The summed E-state index contributed by atoms with van der Waals surface area (Å²) >= 11 is 0. The van der Waals surface area contributed by atoms with Crippen LogP contribution >= 0.6 is 0 Å². The summed E-state index contributed by atoms with van der Waals surface area (Å²) < 4.78 is 24.5. The number of guanidine groups is 1. The van der Waals surface area contributed by atoms with Crippen LogP contribution in [0, 0.1) is 5.82 Å². The molecule has 25 heavy (non-hydrogen) atoms. The molecule has 0 fully saturated rings. The third-order valence-corrected chi connectivity index (χ3v) is 3.92. The molecule has 2 aromatic carbocycles. The Bertz CT molecular complexity index is 760. The number of ether oxygens (including phenoxy) is 2. The molecule has 0 heterocycles. The highest BCUT2D eigenvalue weighted by molar-refractivity contribution is 5.94. The largest absolute Gasteiger partial charge is 0.497 e. The van der Waals surface area contributed by atoms with Crippen molar-refractivity contribution in [2.75, 3.05) is 26.1 Å². The number of hydrogen-bond acceptors (Lipinski definition) is 3. The first kappa shape index (κ1) is 18.6. The van der Waals surface area contributed by atoms with Gasteiger partial charge in [0.25, 0.3) is 0 Å². The molecule has 6 heteroatoms. The lowest BCUT2D eigenvalue weighted by Crippen LogP contribution is -2.28. The number of rotatable bonds is 6. The van der Waals surface area contributed by atoms with E-state index in [1.54, 1.807) is 44.6 Å². The Balaban J connectivity index is 2.16. The van der Waals surface area contributed by atoms with Gasteiger partial charge in [-0.25, -0.2) is 4.39 Å². The van der Waals surface area contributed by atoms with Crippen LogP contribution in [0.4, 0.5) is 10.1 Å². The standard InChI is InChI=1S/C19H24FN3O2/c1-19(2,14-7-5-6-8-15(14)20)12-22-18(21)23-16-11-13(24-3)9-10-17(16)25-4/h5-11H,12H2,1-4H3,(H3,21,22,23). The summed E-state index contributed by atoms with van der Waals surface area (Å²) in [6.07, 6.45) is 0. The molecular formula is C19H24FN3O2. The third kappa shape index (κ3) is 4.62. The quantitative estimate of drug-likeness (QED) is 0.620. The van der Waals surface area contributed by atoms with Crippen molar-refractivity contribution in [3.63, 3.8) is 0 Å². The second kappa shape index (κ2) is 7.88. The summed E-state index contributed by atoms with van der Waals surface area (Å²) in [4.78, 5) is 4.36. The van der Waals surface area contributed by atoms with E-state index in [1.165, 1.54) is 6.07 Å². The lowest BCUT2D eigenvalue weighted by Gasteiger charge is -2.24. The zero-order valence-electron chi connectivity index (χ0n) is 15.0. The van der Waals surface area contributed by atoms with Gasteiger partial charge in [-0.15, -0.1) is 0 Å². The normalized spacial score (nSPS) is 12.0. The zero-order chi connectivity index (χ0) is 18.4. The van der Waals surface area contributed by atoms with E-state index in [0.29, 0.717) is 29.3 Å². The molecule has 0 unspecified atom stereocenters. The van der Waals surface area contributed by atoms with Crippen LogP contribution in [0.3, 0.4) is 0 Å². The Labute approximate surface area is 147 Å². The van der Waals surface area contributed by atoms with Gasteiger partial charge in [0.1, 0.15) is 17.3 Å². The molecule has 0 aromatic heterocycles. The van der Waals surface area contributed by atoms with E-state index in [1.807, 2.05) is 19.9 Å². The van der Waals surface area contributed by atoms with Crippen molar-refractivity contribution in [1.29, 1.82) is 0 Å². The molecule has 2 rings (SSSR count). The molecule has 0 aliphatic rings. The average Bonchev–Trinajstić information content (AvgIpc) is 2.60. The summed E-state index contributed by atoms with van der Waals surface area (Å²) in [7, 11) is 3.15. The maximum Gasteiger partial charge on any atom is 0.193 e. The summed E-state index contributed by atoms with van der Waals surface area (Å²) in [5, 5.41) is 3.00. The van der Waals surface area contributed by atoms with Crippen molar-refractivity contribution in [1.82, 2.24) is 0 Å². The molecule has 5 nitrogen and oxygen atoms in total. The second-order valence-corrected chi connectivity index (χ2v) is 6.26. The van der Waals surface area contributed by atoms with Crippen molar-refractivity contribution in [3.8, 4) is 11.5 Å². The minimum Gasteiger partial charge on any atom is -0.497 e. The number of anilines is 1. The maximum absolute atomic E-state index is 14.0. The van der Waals surface area contributed by atoms with Crippen LogP contribution < -0.4 is 20.5 Å². The fourth-order valence-corrected chi connectivity index (χ4v) is 2.47. The highest BCUT2D eigenvalue weighted by Gasteiger charge is 2.23. The van der Waals surface area contributed by atoms with Gasteiger partial charge in [0.2, 0.25) is 0 Å². The predicted octanol–water partition coefficient (Wildman–Crippen LogP) is 3.55. The zero-order valence-corrected chi connectivity index (χ0v) is 15.0. The first-order valence-corrected chi connectivity index (χ1v) is 7.91. The Morgan fingerprint density at radius 1 is 1.16 bits per heavy atom. The summed E-state index contributed by atoms with van der Waals surface area (Å²) in [6.45, 7) is 4.18. The van der Waals surface area contributed by atoms with Crippen LogP contribution in [-0.2, 0) is 5.41 Å². The Hall–Kier alpha value is -2.76. The van der Waals surface area contributed by atoms with Crippen LogP contribution in [-0.4, -0.2) is 26.7 Å². The lowest BCUT2D eigenvalue weighted by molar-refractivity contribution is 0.405. The number of nitrogens with two attached hydrogens (primary N) is 1. The topological polar surface area (TPSA) is 68.9 Å². The van der Waals surface area contributed by atoms with Crippen molar-refractivity contribution in [2.24, 2.45) is 10.7 Å².